The second kappa shape index (κ2) is 9.53. The first-order valence-corrected chi connectivity index (χ1v) is 13.8. The molecule has 0 amide bonds. The van der Waals surface area contributed by atoms with E-state index in [2.05, 4.69) is 65.8 Å². The van der Waals surface area contributed by atoms with Gasteiger partial charge in [-0.2, -0.15) is 4.31 Å². The van der Waals surface area contributed by atoms with Crippen molar-refractivity contribution in [2.24, 2.45) is 0 Å². The van der Waals surface area contributed by atoms with Crippen LogP contribution in [0.3, 0.4) is 0 Å². The first kappa shape index (κ1) is 23.1. The van der Waals surface area contributed by atoms with E-state index in [0.29, 0.717) is 18.0 Å². The van der Waals surface area contributed by atoms with Crippen molar-refractivity contribution >= 4 is 31.8 Å². The summed E-state index contributed by atoms with van der Waals surface area (Å²) in [6.07, 6.45) is 2.03. The van der Waals surface area contributed by atoms with Gasteiger partial charge in [-0.05, 0) is 54.8 Å². The van der Waals surface area contributed by atoms with Crippen molar-refractivity contribution in [1.29, 1.82) is 0 Å². The number of para-hydroxylation sites is 1. The first-order chi connectivity index (χ1) is 16.5. The van der Waals surface area contributed by atoms with E-state index in [1.165, 1.54) is 32.9 Å². The van der Waals surface area contributed by atoms with Gasteiger partial charge in [0.15, 0.2) is 0 Å². The van der Waals surface area contributed by atoms with Crippen molar-refractivity contribution in [1.82, 2.24) is 13.8 Å². The lowest BCUT2D eigenvalue weighted by molar-refractivity contribution is 0.181. The summed E-state index contributed by atoms with van der Waals surface area (Å²) in [6.45, 7) is 8.62. The standard InChI is InChI=1S/C28H33N3O2S/c1-3-7-22-10-13-24(14-11-22)34(32,33)30-18-16-29(17-19-30)21-23-12-15-28-26(20-23)25-8-5-6-9-27(25)31(28)4-2/h5-6,8-15,20H,3-4,7,16-19,21H2,1-2H3. The van der Waals surface area contributed by atoms with Gasteiger partial charge in [0.2, 0.25) is 10.0 Å². The smallest absolute Gasteiger partial charge is 0.243 e. The number of aryl methyl sites for hydroxylation is 2. The van der Waals surface area contributed by atoms with Crippen molar-refractivity contribution < 1.29 is 8.42 Å². The van der Waals surface area contributed by atoms with Crippen LogP contribution in [-0.4, -0.2) is 48.4 Å². The number of sulfonamides is 1. The van der Waals surface area contributed by atoms with E-state index >= 15 is 0 Å². The number of piperazine rings is 1. The Labute approximate surface area is 202 Å². The van der Waals surface area contributed by atoms with Crippen LogP contribution in [0.15, 0.2) is 71.6 Å². The van der Waals surface area contributed by atoms with Gasteiger partial charge < -0.3 is 4.57 Å². The maximum atomic E-state index is 13.1. The Morgan fingerprint density at radius 2 is 1.44 bits per heavy atom. The van der Waals surface area contributed by atoms with Gasteiger partial charge in [-0.1, -0.05) is 49.7 Å². The molecule has 1 fully saturated rings. The number of hydrogen-bond acceptors (Lipinski definition) is 3. The molecule has 34 heavy (non-hydrogen) atoms. The summed E-state index contributed by atoms with van der Waals surface area (Å²) in [5, 5.41) is 2.59. The summed E-state index contributed by atoms with van der Waals surface area (Å²) < 4.78 is 30.3. The van der Waals surface area contributed by atoms with Crippen LogP contribution >= 0.6 is 0 Å². The summed E-state index contributed by atoms with van der Waals surface area (Å²) in [6, 6.07) is 22.8. The molecule has 4 aromatic rings. The third kappa shape index (κ3) is 4.26. The van der Waals surface area contributed by atoms with Gasteiger partial charge in [-0.25, -0.2) is 8.42 Å². The fraction of sp³-hybridized carbons (Fsp3) is 0.357. The number of hydrogen-bond donors (Lipinski definition) is 0. The minimum absolute atomic E-state index is 0.401. The molecule has 2 heterocycles. The lowest BCUT2D eigenvalue weighted by Crippen LogP contribution is -2.48. The minimum Gasteiger partial charge on any atom is -0.341 e. The predicted molar refractivity (Wildman–Crippen MR) is 140 cm³/mol. The molecule has 1 aliphatic rings. The Morgan fingerprint density at radius 1 is 0.765 bits per heavy atom. The normalized spacial score (nSPS) is 15.9. The quantitative estimate of drug-likeness (QED) is 0.366. The molecule has 0 unspecified atom stereocenters. The molecule has 1 saturated heterocycles. The van der Waals surface area contributed by atoms with Gasteiger partial charge in [-0.3, -0.25) is 4.90 Å². The van der Waals surface area contributed by atoms with Crippen LogP contribution < -0.4 is 0 Å². The Bertz CT molecular complexity index is 1400. The molecule has 0 aliphatic carbocycles. The van der Waals surface area contributed by atoms with Gasteiger partial charge in [0, 0.05) is 61.1 Å². The van der Waals surface area contributed by atoms with Crippen LogP contribution in [0.25, 0.3) is 21.8 Å². The van der Waals surface area contributed by atoms with Gasteiger partial charge in [0.05, 0.1) is 4.90 Å². The van der Waals surface area contributed by atoms with E-state index in [4.69, 9.17) is 0 Å². The van der Waals surface area contributed by atoms with Crippen molar-refractivity contribution in [2.75, 3.05) is 26.2 Å². The fourth-order valence-corrected chi connectivity index (χ4v) is 6.61. The highest BCUT2D eigenvalue weighted by atomic mass is 32.2. The number of fused-ring (bicyclic) bond motifs is 3. The zero-order chi connectivity index (χ0) is 23.7. The number of rotatable bonds is 7. The van der Waals surface area contributed by atoms with Gasteiger partial charge in [-0.15, -0.1) is 0 Å². The van der Waals surface area contributed by atoms with Crippen LogP contribution in [-0.2, 0) is 29.5 Å². The largest absolute Gasteiger partial charge is 0.341 e. The molecule has 0 atom stereocenters. The predicted octanol–water partition coefficient (Wildman–Crippen LogP) is 5.27. The molecule has 0 saturated carbocycles. The first-order valence-electron chi connectivity index (χ1n) is 12.3. The fourth-order valence-electron chi connectivity index (χ4n) is 5.19. The van der Waals surface area contributed by atoms with Crippen LogP contribution in [0.4, 0.5) is 0 Å². The molecule has 0 radical (unpaired) electrons. The van der Waals surface area contributed by atoms with Gasteiger partial charge in [0.25, 0.3) is 0 Å². The maximum Gasteiger partial charge on any atom is 0.243 e. The molecule has 5 rings (SSSR count). The van der Waals surface area contributed by atoms with Crippen molar-refractivity contribution in [3.8, 4) is 0 Å². The molecule has 1 aromatic heterocycles. The van der Waals surface area contributed by atoms with Gasteiger partial charge in [0.1, 0.15) is 0 Å². The molecule has 5 nitrogen and oxygen atoms in total. The highest BCUT2D eigenvalue weighted by Crippen LogP contribution is 2.30. The van der Waals surface area contributed by atoms with E-state index in [-0.39, 0.29) is 0 Å². The van der Waals surface area contributed by atoms with Crippen LogP contribution in [0.2, 0.25) is 0 Å². The lowest BCUT2D eigenvalue weighted by atomic mass is 10.1. The van der Waals surface area contributed by atoms with E-state index in [1.807, 2.05) is 12.1 Å². The maximum absolute atomic E-state index is 13.1. The molecular formula is C28H33N3O2S. The summed E-state index contributed by atoms with van der Waals surface area (Å²) in [5.74, 6) is 0. The highest BCUT2D eigenvalue weighted by Gasteiger charge is 2.28. The highest BCUT2D eigenvalue weighted by molar-refractivity contribution is 7.89. The van der Waals surface area contributed by atoms with E-state index in [9.17, 15) is 8.42 Å². The third-order valence-corrected chi connectivity index (χ3v) is 8.90. The number of aromatic nitrogens is 1. The third-order valence-electron chi connectivity index (χ3n) is 6.99. The SMILES string of the molecule is CCCc1ccc(S(=O)(=O)N2CCN(Cc3ccc4c(c3)c3ccccc3n4CC)CC2)cc1. The molecule has 0 spiro atoms. The zero-order valence-corrected chi connectivity index (χ0v) is 20.9. The molecular weight excluding hydrogens is 442 g/mol. The Hall–Kier alpha value is -2.67. The molecule has 1 aliphatic heterocycles. The summed E-state index contributed by atoms with van der Waals surface area (Å²) in [5.41, 5.74) is 5.01. The summed E-state index contributed by atoms with van der Waals surface area (Å²) >= 11 is 0. The average molecular weight is 476 g/mol. The van der Waals surface area contributed by atoms with Crippen molar-refractivity contribution in [3.05, 3.63) is 77.9 Å². The second-order valence-electron chi connectivity index (χ2n) is 9.19. The number of nitrogens with zero attached hydrogens (tertiary/aromatic N) is 3. The Balaban J connectivity index is 1.28. The van der Waals surface area contributed by atoms with Crippen molar-refractivity contribution in [2.45, 2.75) is 44.7 Å². The Kier molecular flexibility index (Phi) is 6.47. The molecule has 6 heteroatoms. The zero-order valence-electron chi connectivity index (χ0n) is 20.1. The van der Waals surface area contributed by atoms with E-state index in [1.54, 1.807) is 16.4 Å². The van der Waals surface area contributed by atoms with Crippen molar-refractivity contribution in [3.63, 3.8) is 0 Å². The second-order valence-corrected chi connectivity index (χ2v) is 11.1. The van der Waals surface area contributed by atoms with Gasteiger partial charge >= 0.3 is 0 Å². The average Bonchev–Trinajstić information content (AvgIpc) is 3.18. The number of benzene rings is 3. The lowest BCUT2D eigenvalue weighted by Gasteiger charge is -2.34. The summed E-state index contributed by atoms with van der Waals surface area (Å²) in [7, 11) is -3.44. The molecule has 0 bridgehead atoms. The van der Waals surface area contributed by atoms with Crippen LogP contribution in [0.5, 0.6) is 0 Å². The molecule has 0 N–H and O–H groups in total. The van der Waals surface area contributed by atoms with Crippen LogP contribution in [0, 0.1) is 0 Å². The monoisotopic (exact) mass is 475 g/mol. The Morgan fingerprint density at radius 3 is 2.15 bits per heavy atom. The molecule has 178 valence electrons. The van der Waals surface area contributed by atoms with E-state index < -0.39 is 10.0 Å². The summed E-state index contributed by atoms with van der Waals surface area (Å²) in [4.78, 5) is 2.76. The topological polar surface area (TPSA) is 45.6 Å². The minimum atomic E-state index is -3.44. The van der Waals surface area contributed by atoms with Crippen LogP contribution in [0.1, 0.15) is 31.4 Å². The molecule has 3 aromatic carbocycles. The van der Waals surface area contributed by atoms with E-state index in [0.717, 1.165) is 39.0 Å².